The molecule has 0 amide bonds. The monoisotopic (exact) mass is 556 g/mol. The molecule has 0 fully saturated rings. The first-order valence-corrected chi connectivity index (χ1v) is 14.3. The average Bonchev–Trinajstić information content (AvgIpc) is 3.48. The van der Waals surface area contributed by atoms with E-state index in [2.05, 4.69) is 0 Å². The third-order valence-electron chi connectivity index (χ3n) is 5.68. The minimum atomic E-state index is -3.56. The second-order valence-corrected chi connectivity index (χ2v) is 12.1. The van der Waals surface area contributed by atoms with E-state index in [1.165, 1.54) is 41.3 Å². The van der Waals surface area contributed by atoms with Crippen LogP contribution in [-0.2, 0) is 22.1 Å². The maximum Gasteiger partial charge on any atom is 0.283 e. The lowest BCUT2D eigenvalue weighted by Crippen LogP contribution is -2.04. The number of benzene rings is 3. The van der Waals surface area contributed by atoms with E-state index in [-0.39, 0.29) is 22.9 Å². The molecule has 0 aliphatic heterocycles. The van der Waals surface area contributed by atoms with Crippen molar-refractivity contribution in [3.05, 3.63) is 117 Å². The van der Waals surface area contributed by atoms with E-state index in [1.54, 1.807) is 64.0 Å². The Labute approximate surface area is 219 Å². The fraction of sp³-hybridized carbons (Fsp3) is 0.0769. The van der Waals surface area contributed by atoms with E-state index in [4.69, 9.17) is 0 Å². The van der Waals surface area contributed by atoms with Crippen molar-refractivity contribution in [2.45, 2.75) is 27.0 Å². The number of sulfone groups is 1. The summed E-state index contributed by atoms with van der Waals surface area (Å²) < 4.78 is 55.2. The minimum absolute atomic E-state index is 0.0425. The molecule has 0 saturated carbocycles. The lowest BCUT2D eigenvalue weighted by atomic mass is 10.1. The number of aromatic nitrogens is 1. The van der Waals surface area contributed by atoms with Crippen LogP contribution in [0.4, 0.5) is 14.5 Å². The van der Waals surface area contributed by atoms with Crippen LogP contribution in [0.5, 0.6) is 0 Å². The molecular formula is C26H18F2N2O4S3. The molecule has 0 bridgehead atoms. The van der Waals surface area contributed by atoms with E-state index in [0.29, 0.717) is 26.4 Å². The van der Waals surface area contributed by atoms with Gasteiger partial charge in [0.25, 0.3) is 5.69 Å². The van der Waals surface area contributed by atoms with Crippen LogP contribution in [-0.4, -0.2) is 17.9 Å². The molecule has 2 aromatic heterocycles. The molecule has 37 heavy (non-hydrogen) atoms. The van der Waals surface area contributed by atoms with Gasteiger partial charge in [0.2, 0.25) is 0 Å². The standard InChI is InChI=1S/C26H18F2N2O4S3/c27-19-9-18(10-20(28)12-19)13-29-14-26(36-25-4-2-1-3-23(25)30(31)32)22-6-5-17(11-24(22)29)16-37(33,34)21-7-8-35-15-21/h1-12,14-15H,13,16H2. The van der Waals surface area contributed by atoms with E-state index in [0.717, 1.165) is 11.5 Å². The Morgan fingerprint density at radius 3 is 2.41 bits per heavy atom. The molecule has 0 radical (unpaired) electrons. The number of para-hydroxylation sites is 1. The third-order valence-corrected chi connectivity index (χ3v) is 9.31. The highest BCUT2D eigenvalue weighted by atomic mass is 32.2. The van der Waals surface area contributed by atoms with Crippen molar-refractivity contribution in [1.29, 1.82) is 0 Å². The molecule has 0 N–H and O–H groups in total. The number of nitrogens with zero attached hydrogens (tertiary/aromatic N) is 2. The number of hydrogen-bond acceptors (Lipinski definition) is 6. The van der Waals surface area contributed by atoms with Crippen molar-refractivity contribution in [2.75, 3.05) is 0 Å². The molecule has 0 aliphatic carbocycles. The molecule has 0 aliphatic rings. The van der Waals surface area contributed by atoms with Gasteiger partial charge in [-0.3, -0.25) is 10.1 Å². The smallest absolute Gasteiger partial charge is 0.283 e. The molecule has 5 rings (SSSR count). The Bertz CT molecular complexity index is 1710. The van der Waals surface area contributed by atoms with Crippen LogP contribution in [0.1, 0.15) is 11.1 Å². The maximum atomic E-state index is 13.9. The van der Waals surface area contributed by atoms with Gasteiger partial charge in [-0.25, -0.2) is 17.2 Å². The SMILES string of the molecule is O=[N+]([O-])c1ccccc1Sc1cn(Cc2cc(F)cc(F)c2)c2cc(CS(=O)(=O)c3ccsc3)ccc12. The molecule has 3 aromatic carbocycles. The van der Waals surface area contributed by atoms with Crippen molar-refractivity contribution in [1.82, 2.24) is 4.57 Å². The van der Waals surface area contributed by atoms with E-state index in [9.17, 15) is 27.3 Å². The number of halogens is 2. The first-order valence-electron chi connectivity index (χ1n) is 10.9. The second-order valence-electron chi connectivity index (χ2n) is 8.30. The summed E-state index contributed by atoms with van der Waals surface area (Å²) in [5.74, 6) is -1.63. The van der Waals surface area contributed by atoms with Crippen molar-refractivity contribution in [3.8, 4) is 0 Å². The van der Waals surface area contributed by atoms with Gasteiger partial charge in [0.1, 0.15) is 11.6 Å². The first kappa shape index (κ1) is 25.1. The first-order chi connectivity index (χ1) is 17.7. The molecule has 188 valence electrons. The number of nitro groups is 1. The molecule has 0 spiro atoms. The van der Waals surface area contributed by atoms with Gasteiger partial charge < -0.3 is 4.57 Å². The zero-order valence-electron chi connectivity index (χ0n) is 19.0. The van der Waals surface area contributed by atoms with Gasteiger partial charge in [-0.1, -0.05) is 36.0 Å². The zero-order valence-corrected chi connectivity index (χ0v) is 21.5. The molecule has 5 aromatic rings. The van der Waals surface area contributed by atoms with Crippen LogP contribution in [0.15, 0.2) is 98.4 Å². The van der Waals surface area contributed by atoms with Crippen molar-refractivity contribution in [2.24, 2.45) is 0 Å². The van der Waals surface area contributed by atoms with Crippen LogP contribution in [0.25, 0.3) is 10.9 Å². The lowest BCUT2D eigenvalue weighted by molar-refractivity contribution is -0.387. The Morgan fingerprint density at radius 1 is 0.946 bits per heavy atom. The Hall–Kier alpha value is -3.54. The molecular weight excluding hydrogens is 538 g/mol. The molecule has 0 saturated heterocycles. The number of thiophene rings is 1. The predicted octanol–water partition coefficient (Wildman–Crippen LogP) is 7.06. The lowest BCUT2D eigenvalue weighted by Gasteiger charge is -2.08. The Kier molecular flexibility index (Phi) is 6.84. The second kappa shape index (κ2) is 10.1. The fourth-order valence-electron chi connectivity index (χ4n) is 4.05. The zero-order chi connectivity index (χ0) is 26.2. The predicted molar refractivity (Wildman–Crippen MR) is 140 cm³/mol. The van der Waals surface area contributed by atoms with Crippen LogP contribution in [0.3, 0.4) is 0 Å². The summed E-state index contributed by atoms with van der Waals surface area (Å²) in [5.41, 5.74) is 1.53. The van der Waals surface area contributed by atoms with Crippen LogP contribution >= 0.6 is 23.1 Å². The molecule has 2 heterocycles. The van der Waals surface area contributed by atoms with Crippen molar-refractivity contribution in [3.63, 3.8) is 0 Å². The summed E-state index contributed by atoms with van der Waals surface area (Å²) in [6.07, 6.45) is 1.76. The van der Waals surface area contributed by atoms with Crippen LogP contribution in [0.2, 0.25) is 0 Å². The quantitative estimate of drug-likeness (QED) is 0.151. The van der Waals surface area contributed by atoms with Crippen molar-refractivity contribution >= 4 is 49.5 Å². The van der Waals surface area contributed by atoms with Crippen molar-refractivity contribution < 1.29 is 22.1 Å². The number of nitro benzene ring substituents is 1. The van der Waals surface area contributed by atoms with Gasteiger partial charge >= 0.3 is 0 Å². The minimum Gasteiger partial charge on any atom is -0.342 e. The van der Waals surface area contributed by atoms with Crippen LogP contribution in [0, 0.1) is 21.7 Å². The summed E-state index contributed by atoms with van der Waals surface area (Å²) in [5, 5.41) is 15.5. The molecule has 6 nitrogen and oxygen atoms in total. The van der Waals surface area contributed by atoms with E-state index >= 15 is 0 Å². The van der Waals surface area contributed by atoms with Gasteiger partial charge in [-0.15, -0.1) is 0 Å². The summed E-state index contributed by atoms with van der Waals surface area (Å²) >= 11 is 2.50. The summed E-state index contributed by atoms with van der Waals surface area (Å²) in [7, 11) is -3.56. The highest BCUT2D eigenvalue weighted by molar-refractivity contribution is 7.99. The largest absolute Gasteiger partial charge is 0.342 e. The number of hydrogen-bond donors (Lipinski definition) is 0. The van der Waals surface area contributed by atoms with E-state index < -0.39 is 26.4 Å². The summed E-state index contributed by atoms with van der Waals surface area (Å²) in [4.78, 5) is 12.4. The normalized spacial score (nSPS) is 11.7. The van der Waals surface area contributed by atoms with Gasteiger partial charge in [0, 0.05) is 46.1 Å². The molecule has 0 unspecified atom stereocenters. The van der Waals surface area contributed by atoms with Gasteiger partial charge in [0.05, 0.1) is 20.5 Å². The average molecular weight is 557 g/mol. The maximum absolute atomic E-state index is 13.9. The summed E-state index contributed by atoms with van der Waals surface area (Å²) in [6, 6.07) is 16.4. The number of rotatable bonds is 8. The van der Waals surface area contributed by atoms with Gasteiger partial charge in [-0.05, 0) is 46.8 Å². The topological polar surface area (TPSA) is 82.2 Å². The molecule has 0 atom stereocenters. The highest BCUT2D eigenvalue weighted by Crippen LogP contribution is 2.40. The third kappa shape index (κ3) is 5.43. The molecule has 11 heteroatoms. The van der Waals surface area contributed by atoms with E-state index in [1.807, 2.05) is 0 Å². The fourth-order valence-corrected chi connectivity index (χ4v) is 7.56. The van der Waals surface area contributed by atoms with Gasteiger partial charge in [-0.2, -0.15) is 11.3 Å². The highest BCUT2D eigenvalue weighted by Gasteiger charge is 2.20. The number of fused-ring (bicyclic) bond motifs is 1. The Morgan fingerprint density at radius 2 is 1.70 bits per heavy atom. The Balaban J connectivity index is 1.59. The van der Waals surface area contributed by atoms with Crippen LogP contribution < -0.4 is 0 Å². The summed E-state index contributed by atoms with van der Waals surface area (Å²) in [6.45, 7) is 0.114. The van der Waals surface area contributed by atoms with Gasteiger partial charge in [0.15, 0.2) is 9.84 Å².